The second-order valence-corrected chi connectivity index (χ2v) is 19.3. The summed E-state index contributed by atoms with van der Waals surface area (Å²) >= 11 is 4.99. The average Bonchev–Trinajstić information content (AvgIpc) is 3.26. The van der Waals surface area contributed by atoms with Crippen LogP contribution in [0.3, 0.4) is 0 Å². The molecular formula is C60H66BNS. The molecule has 1 aliphatic rings. The molecule has 0 aliphatic heterocycles. The second-order valence-electron chi connectivity index (χ2n) is 18.8. The lowest BCUT2D eigenvalue weighted by molar-refractivity contribution is 0.284. The molecule has 0 saturated carbocycles. The van der Waals surface area contributed by atoms with Crippen LogP contribution in [0.15, 0.2) is 180 Å². The summed E-state index contributed by atoms with van der Waals surface area (Å²) in [6, 6.07) is 34.8. The van der Waals surface area contributed by atoms with Gasteiger partial charge in [-0.15, -0.1) is 12.6 Å². The minimum Gasteiger partial charge on any atom is -0.310 e. The van der Waals surface area contributed by atoms with E-state index in [9.17, 15) is 0 Å². The molecule has 0 heterocycles. The van der Waals surface area contributed by atoms with Crippen molar-refractivity contribution in [2.24, 2.45) is 10.8 Å². The van der Waals surface area contributed by atoms with E-state index in [2.05, 4.69) is 194 Å². The van der Waals surface area contributed by atoms with E-state index in [0.717, 1.165) is 87.1 Å². The third-order valence-corrected chi connectivity index (χ3v) is 13.0. The number of aryl methyl sites for hydroxylation is 1. The Morgan fingerprint density at radius 3 is 2.24 bits per heavy atom. The van der Waals surface area contributed by atoms with Gasteiger partial charge in [0.15, 0.2) is 0 Å². The number of allylic oxidation sites excluding steroid dienone is 9. The molecule has 0 amide bonds. The largest absolute Gasteiger partial charge is 0.310 e. The summed E-state index contributed by atoms with van der Waals surface area (Å²) in [5.74, 6) is 0. The zero-order valence-electron chi connectivity index (χ0n) is 39.3. The quantitative estimate of drug-likeness (QED) is 0.0624. The lowest BCUT2D eigenvalue weighted by atomic mass is 9.71. The lowest BCUT2D eigenvalue weighted by Crippen LogP contribution is -2.29. The number of rotatable bonds is 15. The van der Waals surface area contributed by atoms with Crippen molar-refractivity contribution in [3.8, 4) is 22.3 Å². The van der Waals surface area contributed by atoms with Crippen molar-refractivity contribution in [1.82, 2.24) is 0 Å². The smallest absolute Gasteiger partial charge is 0.117 e. The van der Waals surface area contributed by atoms with Crippen molar-refractivity contribution < 1.29 is 0 Å². The van der Waals surface area contributed by atoms with Gasteiger partial charge in [0.1, 0.15) is 7.85 Å². The van der Waals surface area contributed by atoms with Gasteiger partial charge in [-0.1, -0.05) is 193 Å². The first-order valence-corrected chi connectivity index (χ1v) is 23.1. The first-order valence-electron chi connectivity index (χ1n) is 22.6. The van der Waals surface area contributed by atoms with Gasteiger partial charge in [-0.3, -0.25) is 0 Å². The van der Waals surface area contributed by atoms with Gasteiger partial charge in [-0.2, -0.15) is 0 Å². The van der Waals surface area contributed by atoms with Gasteiger partial charge in [0.05, 0.1) is 5.70 Å². The van der Waals surface area contributed by atoms with Crippen molar-refractivity contribution in [2.45, 2.75) is 94.4 Å². The van der Waals surface area contributed by atoms with Gasteiger partial charge in [0.25, 0.3) is 0 Å². The number of thiol groups is 1. The van der Waals surface area contributed by atoms with Crippen LogP contribution in [0.25, 0.3) is 44.8 Å². The molecule has 0 bridgehead atoms. The fourth-order valence-corrected chi connectivity index (χ4v) is 9.10. The molecule has 0 fully saturated rings. The zero-order chi connectivity index (χ0) is 45.5. The third kappa shape index (κ3) is 10.8. The lowest BCUT2D eigenvalue weighted by Gasteiger charge is -2.38. The molecule has 1 aliphatic carbocycles. The van der Waals surface area contributed by atoms with Crippen molar-refractivity contribution in [3.05, 3.63) is 202 Å². The molecule has 2 radical (unpaired) electrons. The fourth-order valence-electron chi connectivity index (χ4n) is 8.87. The molecule has 0 atom stereocenters. The summed E-state index contributed by atoms with van der Waals surface area (Å²) in [5, 5.41) is 2.20. The average molecular weight is 844 g/mol. The first kappa shape index (κ1) is 47.0. The van der Waals surface area contributed by atoms with Crippen molar-refractivity contribution in [1.29, 1.82) is 0 Å². The first-order chi connectivity index (χ1) is 30.1. The molecule has 6 rings (SSSR count). The fraction of sp³-hybridized carbons (Fsp3) is 0.267. The minimum absolute atomic E-state index is 0.0321. The molecule has 5 aromatic rings. The number of fused-ring (bicyclic) bond motifs is 1. The van der Waals surface area contributed by atoms with Crippen LogP contribution >= 0.6 is 12.6 Å². The number of hydrogen-bond donors (Lipinski definition) is 1. The van der Waals surface area contributed by atoms with Crippen LogP contribution in [0.5, 0.6) is 0 Å². The Balaban J connectivity index is 1.66. The normalized spacial score (nSPS) is 14.2. The van der Waals surface area contributed by atoms with Crippen molar-refractivity contribution in [3.63, 3.8) is 0 Å². The topological polar surface area (TPSA) is 3.24 Å². The molecule has 0 spiro atoms. The molecule has 3 heteroatoms. The Kier molecular flexibility index (Phi) is 15.2. The summed E-state index contributed by atoms with van der Waals surface area (Å²) in [6.45, 7) is 29.7. The van der Waals surface area contributed by atoms with Crippen LogP contribution in [0.1, 0.15) is 103 Å². The van der Waals surface area contributed by atoms with Crippen LogP contribution in [-0.4, -0.2) is 7.85 Å². The molecule has 0 unspecified atom stereocenters. The van der Waals surface area contributed by atoms with Gasteiger partial charge in [0, 0.05) is 16.3 Å². The number of nitrogens with zero attached hydrogens (tertiary/aromatic N) is 1. The van der Waals surface area contributed by atoms with E-state index in [1.807, 2.05) is 19.1 Å². The van der Waals surface area contributed by atoms with E-state index >= 15 is 0 Å². The highest BCUT2D eigenvalue weighted by molar-refractivity contribution is 7.84. The van der Waals surface area contributed by atoms with Gasteiger partial charge in [-0.25, -0.2) is 0 Å². The highest BCUT2D eigenvalue weighted by Crippen LogP contribution is 2.46. The molecule has 1 nitrogen and oxygen atoms in total. The zero-order valence-corrected chi connectivity index (χ0v) is 40.2. The van der Waals surface area contributed by atoms with Crippen LogP contribution in [0.4, 0.5) is 5.69 Å². The highest BCUT2D eigenvalue weighted by atomic mass is 32.1. The standard InChI is InChI=1S/C60H66BNS/c1-12-15-17-24-44-32-31-41(4)53(37-44)50-29-22-30-51(42(50)5)57-52-28-21-20-27-47(52)38-56(58(57)61)62(55(40-49(63)23-13-2)46-25-18-16-19-26-46)43(6)54-39-48(34-33-45(54)14-3)60(10,11)36-35-59(7,8)9/h12-13,15-32,37-40,63H,2,6,14,33-36H2,1,3-5,7-11H3/b15-12-,24-17-,49-23+,55-40-. The van der Waals surface area contributed by atoms with E-state index in [1.54, 1.807) is 6.08 Å². The SMILES string of the molecule is [B]c1c(N(C(=C)C2=C(CC)CCC(C(C)(C)CCC(C)(C)C)=C2)/C(=C\C(S)=C/C=C)c2ccccc2)cc2ccccc2c1-c1cccc(-c2cc(/C=C\C=C/C)ccc2C)c1C. The van der Waals surface area contributed by atoms with E-state index in [-0.39, 0.29) is 10.8 Å². The summed E-state index contributed by atoms with van der Waals surface area (Å²) in [5.41, 5.74) is 16.8. The van der Waals surface area contributed by atoms with E-state index in [0.29, 0.717) is 5.46 Å². The number of hydrogen-bond acceptors (Lipinski definition) is 2. The van der Waals surface area contributed by atoms with Crippen LogP contribution in [0, 0.1) is 24.7 Å². The van der Waals surface area contributed by atoms with E-state index in [1.165, 1.54) is 39.0 Å². The van der Waals surface area contributed by atoms with Gasteiger partial charge in [0.2, 0.25) is 0 Å². The maximum Gasteiger partial charge on any atom is 0.117 e. The molecule has 63 heavy (non-hydrogen) atoms. The van der Waals surface area contributed by atoms with Gasteiger partial charge in [-0.05, 0) is 149 Å². The van der Waals surface area contributed by atoms with Crippen LogP contribution < -0.4 is 10.4 Å². The number of anilines is 1. The second kappa shape index (κ2) is 20.3. The number of benzene rings is 5. The minimum atomic E-state index is 0.0321. The Morgan fingerprint density at radius 2 is 1.54 bits per heavy atom. The Bertz CT molecular complexity index is 2690. The summed E-state index contributed by atoms with van der Waals surface area (Å²) in [7, 11) is 7.77. The van der Waals surface area contributed by atoms with Crippen LogP contribution in [-0.2, 0) is 0 Å². The molecule has 320 valence electrons. The Morgan fingerprint density at radius 1 is 0.825 bits per heavy atom. The predicted molar refractivity (Wildman–Crippen MR) is 284 cm³/mol. The summed E-state index contributed by atoms with van der Waals surface area (Å²) in [4.78, 5) is 3.08. The molecule has 5 aromatic carbocycles. The molecule has 0 aromatic heterocycles. The Labute approximate surface area is 387 Å². The van der Waals surface area contributed by atoms with Gasteiger partial charge >= 0.3 is 0 Å². The van der Waals surface area contributed by atoms with E-state index in [4.69, 9.17) is 27.1 Å². The Hall–Kier alpha value is -5.51. The maximum absolute atomic E-state index is 7.77. The predicted octanol–water partition coefficient (Wildman–Crippen LogP) is 16.8. The third-order valence-electron chi connectivity index (χ3n) is 12.7. The monoisotopic (exact) mass is 844 g/mol. The summed E-state index contributed by atoms with van der Waals surface area (Å²) in [6.07, 6.45) is 21.9. The highest BCUT2D eigenvalue weighted by Gasteiger charge is 2.31. The molecule has 0 N–H and O–H groups in total. The molecule has 0 saturated heterocycles. The van der Waals surface area contributed by atoms with Crippen molar-refractivity contribution in [2.75, 3.05) is 4.90 Å². The van der Waals surface area contributed by atoms with Gasteiger partial charge < -0.3 is 4.90 Å². The molecular weight excluding hydrogens is 778 g/mol. The van der Waals surface area contributed by atoms with Crippen LogP contribution in [0.2, 0.25) is 0 Å². The maximum atomic E-state index is 7.77. The summed E-state index contributed by atoms with van der Waals surface area (Å²) < 4.78 is 0. The van der Waals surface area contributed by atoms with Crippen molar-refractivity contribution >= 4 is 54.2 Å². The van der Waals surface area contributed by atoms with E-state index < -0.39 is 0 Å².